The Labute approximate surface area is 234 Å². The third kappa shape index (κ3) is 6.76. The van der Waals surface area contributed by atoms with Gasteiger partial charge in [-0.05, 0) is 74.2 Å². The number of nitrogen functional groups attached to an aromatic ring is 1. The fraction of sp³-hybridized carbons (Fsp3) is 0.214. The molecule has 0 saturated heterocycles. The van der Waals surface area contributed by atoms with Crippen LogP contribution in [-0.2, 0) is 9.47 Å². The lowest BCUT2D eigenvalue weighted by Gasteiger charge is -2.04. The number of aromatic nitrogens is 2. The molecule has 0 aliphatic carbocycles. The van der Waals surface area contributed by atoms with Crippen LogP contribution in [0.3, 0.4) is 0 Å². The predicted molar refractivity (Wildman–Crippen MR) is 151 cm³/mol. The van der Waals surface area contributed by atoms with Gasteiger partial charge in [0.2, 0.25) is 0 Å². The predicted octanol–water partition coefficient (Wildman–Crippen LogP) is 5.34. The molecule has 0 radical (unpaired) electrons. The van der Waals surface area contributed by atoms with E-state index in [-0.39, 0.29) is 23.7 Å². The number of nitrogens with zero attached hydrogens (tertiary/aromatic N) is 3. The van der Waals surface area contributed by atoms with Gasteiger partial charge >= 0.3 is 11.9 Å². The zero-order chi connectivity index (χ0) is 30.3. The van der Waals surface area contributed by atoms with Crippen LogP contribution >= 0.6 is 0 Å². The van der Waals surface area contributed by atoms with E-state index in [0.29, 0.717) is 17.9 Å². The number of aromatic amines is 1. The summed E-state index contributed by atoms with van der Waals surface area (Å²) in [7, 11) is 0. The number of non-ortho nitro benzene ring substituents is 2. The number of ether oxygens (including phenoxy) is 2. The molecule has 41 heavy (non-hydrogen) atoms. The first kappa shape index (κ1) is 30.1. The largest absolute Gasteiger partial charge is 0.461 e. The summed E-state index contributed by atoms with van der Waals surface area (Å²) in [6.07, 6.45) is 3.30. The van der Waals surface area contributed by atoms with Crippen LogP contribution in [0.1, 0.15) is 46.0 Å². The Morgan fingerprint density at radius 3 is 1.73 bits per heavy atom. The van der Waals surface area contributed by atoms with E-state index in [9.17, 15) is 29.8 Å². The van der Waals surface area contributed by atoms with Crippen LogP contribution in [0, 0.1) is 34.1 Å². The van der Waals surface area contributed by atoms with Gasteiger partial charge in [0.1, 0.15) is 5.69 Å². The number of nitro benzene ring substituents is 2. The number of carbonyl (C=O) groups excluding carboxylic acids is 2. The third-order valence-electron chi connectivity index (χ3n) is 6.15. The first-order valence-corrected chi connectivity index (χ1v) is 12.5. The average molecular weight is 564 g/mol. The molecule has 3 N–H and O–H groups in total. The summed E-state index contributed by atoms with van der Waals surface area (Å²) in [5.41, 5.74) is 5.25. The second-order valence-corrected chi connectivity index (χ2v) is 8.67. The van der Waals surface area contributed by atoms with E-state index in [2.05, 4.69) is 4.98 Å². The van der Waals surface area contributed by atoms with E-state index in [1.165, 1.54) is 28.9 Å². The maximum atomic E-state index is 11.9. The minimum Gasteiger partial charge on any atom is -0.461 e. The van der Waals surface area contributed by atoms with Gasteiger partial charge in [0, 0.05) is 47.8 Å². The van der Waals surface area contributed by atoms with Crippen molar-refractivity contribution in [2.45, 2.75) is 27.7 Å². The topological polar surface area (TPSA) is 186 Å². The van der Waals surface area contributed by atoms with Gasteiger partial charge in [0.05, 0.1) is 23.1 Å². The summed E-state index contributed by atoms with van der Waals surface area (Å²) in [4.78, 5) is 46.8. The molecule has 0 fully saturated rings. The lowest BCUT2D eigenvalue weighted by Crippen LogP contribution is -2.18. The highest BCUT2D eigenvalue weighted by Gasteiger charge is 2.20. The molecule has 0 saturated carbocycles. The molecule has 0 aliphatic rings. The maximum absolute atomic E-state index is 11.9. The van der Waals surface area contributed by atoms with Crippen molar-refractivity contribution in [2.75, 3.05) is 19.1 Å². The number of hydrogen-bond acceptors (Lipinski definition) is 9. The minimum absolute atomic E-state index is 0.00852. The van der Waals surface area contributed by atoms with E-state index >= 15 is 0 Å². The number of benzene rings is 2. The first-order valence-electron chi connectivity index (χ1n) is 12.5. The SMILES string of the molecule is CCOC(=O)c1[nH]cc(-c2ccc([N+](=O)[O-])cc2)c1C.CCOC(=O)c1c(C)c(-c2ccc([N+](=O)[O-])cc2)cn1N. The van der Waals surface area contributed by atoms with E-state index in [1.54, 1.807) is 64.4 Å². The number of esters is 2. The normalized spacial score (nSPS) is 10.3. The number of H-pyrrole nitrogens is 1. The second-order valence-electron chi connectivity index (χ2n) is 8.67. The Hall–Kier alpha value is -5.46. The standard InChI is InChI=1S/C14H15N3O4.C14H14N2O4/c1-3-21-14(18)13-9(2)12(8-16(13)15)10-4-6-11(7-5-10)17(19)20;1-3-20-14(17)13-9(2)12(8-15-13)10-4-6-11(7-5-10)16(18)19/h4-8H,3,15H2,1-2H3;4-8,15H,3H2,1-2H3. The van der Waals surface area contributed by atoms with Gasteiger partial charge in [0.15, 0.2) is 5.69 Å². The number of rotatable bonds is 8. The van der Waals surface area contributed by atoms with Gasteiger partial charge in [-0.25, -0.2) is 9.59 Å². The van der Waals surface area contributed by atoms with Crippen molar-refractivity contribution in [3.8, 4) is 22.3 Å². The molecule has 4 rings (SSSR count). The molecule has 13 nitrogen and oxygen atoms in total. The summed E-state index contributed by atoms with van der Waals surface area (Å²) in [5.74, 6) is 4.90. The summed E-state index contributed by atoms with van der Waals surface area (Å²) in [6.45, 7) is 7.59. The van der Waals surface area contributed by atoms with Crippen molar-refractivity contribution in [1.29, 1.82) is 0 Å². The second kappa shape index (κ2) is 13.1. The average Bonchev–Trinajstić information content (AvgIpc) is 3.47. The molecule has 0 atom stereocenters. The molecule has 0 spiro atoms. The van der Waals surface area contributed by atoms with Crippen molar-refractivity contribution in [3.05, 3.63) is 104 Å². The molecule has 2 aromatic carbocycles. The molecule has 0 unspecified atom stereocenters. The molecule has 214 valence electrons. The van der Waals surface area contributed by atoms with E-state index in [1.807, 2.05) is 0 Å². The highest BCUT2D eigenvalue weighted by atomic mass is 16.6. The number of hydrogen-bond donors (Lipinski definition) is 2. The van der Waals surface area contributed by atoms with Crippen LogP contribution in [0.5, 0.6) is 0 Å². The Kier molecular flexibility index (Phi) is 9.59. The molecule has 0 amide bonds. The molecule has 13 heteroatoms. The van der Waals surface area contributed by atoms with Crippen molar-refractivity contribution in [1.82, 2.24) is 9.66 Å². The van der Waals surface area contributed by atoms with Crippen LogP contribution in [0.25, 0.3) is 22.3 Å². The van der Waals surface area contributed by atoms with E-state index in [4.69, 9.17) is 15.3 Å². The zero-order valence-corrected chi connectivity index (χ0v) is 22.9. The van der Waals surface area contributed by atoms with E-state index in [0.717, 1.165) is 27.8 Å². The lowest BCUT2D eigenvalue weighted by molar-refractivity contribution is -0.385. The number of nitrogens with two attached hydrogens (primary N) is 1. The van der Waals surface area contributed by atoms with Gasteiger partial charge < -0.3 is 20.3 Å². The van der Waals surface area contributed by atoms with Crippen LogP contribution < -0.4 is 5.84 Å². The molecular formula is C28H29N5O8. The highest BCUT2D eigenvalue weighted by molar-refractivity contribution is 5.93. The highest BCUT2D eigenvalue weighted by Crippen LogP contribution is 2.29. The molecule has 4 aromatic rings. The van der Waals surface area contributed by atoms with Crippen LogP contribution in [0.4, 0.5) is 11.4 Å². The van der Waals surface area contributed by atoms with Gasteiger partial charge in [-0.3, -0.25) is 24.9 Å². The van der Waals surface area contributed by atoms with Gasteiger partial charge in [-0.1, -0.05) is 0 Å². The van der Waals surface area contributed by atoms with Crippen LogP contribution in [0.15, 0.2) is 60.9 Å². The molecular weight excluding hydrogens is 534 g/mol. The maximum Gasteiger partial charge on any atom is 0.357 e. The van der Waals surface area contributed by atoms with Crippen molar-refractivity contribution >= 4 is 23.3 Å². The van der Waals surface area contributed by atoms with Crippen molar-refractivity contribution in [2.24, 2.45) is 0 Å². The smallest absolute Gasteiger partial charge is 0.357 e. The summed E-state index contributed by atoms with van der Waals surface area (Å²) < 4.78 is 11.1. The third-order valence-corrected chi connectivity index (χ3v) is 6.15. The zero-order valence-electron chi connectivity index (χ0n) is 22.9. The fourth-order valence-electron chi connectivity index (χ4n) is 4.11. The van der Waals surface area contributed by atoms with E-state index < -0.39 is 21.8 Å². The van der Waals surface area contributed by atoms with Crippen molar-refractivity contribution in [3.63, 3.8) is 0 Å². The summed E-state index contributed by atoms with van der Waals surface area (Å²) >= 11 is 0. The number of nitro groups is 2. The first-order chi connectivity index (χ1) is 19.5. The quantitative estimate of drug-likeness (QED) is 0.123. The lowest BCUT2D eigenvalue weighted by atomic mass is 10.0. The molecule has 2 aromatic heterocycles. The molecule has 0 bridgehead atoms. The monoisotopic (exact) mass is 563 g/mol. The molecule has 2 heterocycles. The summed E-state index contributed by atoms with van der Waals surface area (Å²) in [5, 5.41) is 21.3. The molecule has 0 aliphatic heterocycles. The van der Waals surface area contributed by atoms with Crippen molar-refractivity contribution < 1.29 is 28.9 Å². The van der Waals surface area contributed by atoms with Gasteiger partial charge in [0.25, 0.3) is 11.4 Å². The van der Waals surface area contributed by atoms with Crippen LogP contribution in [-0.4, -0.2) is 44.7 Å². The van der Waals surface area contributed by atoms with Gasteiger partial charge in [-0.2, -0.15) is 0 Å². The minimum atomic E-state index is -0.495. The Morgan fingerprint density at radius 2 is 1.27 bits per heavy atom. The number of nitrogens with one attached hydrogen (secondary N) is 1. The Morgan fingerprint density at radius 1 is 0.805 bits per heavy atom. The summed E-state index contributed by atoms with van der Waals surface area (Å²) in [6, 6.07) is 12.2. The van der Waals surface area contributed by atoms with Crippen LogP contribution in [0.2, 0.25) is 0 Å². The number of carbonyl (C=O) groups is 2. The Balaban J connectivity index is 0.000000226. The van der Waals surface area contributed by atoms with Gasteiger partial charge in [-0.15, -0.1) is 0 Å². The Bertz CT molecular complexity index is 1570. The fourth-order valence-corrected chi connectivity index (χ4v) is 4.11.